The van der Waals surface area contributed by atoms with E-state index in [0.717, 1.165) is 11.3 Å². The number of carbonyl (C=O) groups is 2. The summed E-state index contributed by atoms with van der Waals surface area (Å²) in [6, 6.07) is 3.37. The van der Waals surface area contributed by atoms with Crippen LogP contribution in [0.1, 0.15) is 23.0 Å². The van der Waals surface area contributed by atoms with Crippen molar-refractivity contribution < 1.29 is 14.3 Å². The summed E-state index contributed by atoms with van der Waals surface area (Å²) >= 11 is 1.64. The van der Waals surface area contributed by atoms with Gasteiger partial charge < -0.3 is 10.1 Å². The second-order valence-corrected chi connectivity index (χ2v) is 5.03. The number of pyridine rings is 1. The number of ether oxygens (including phenoxy) is 1. The van der Waals surface area contributed by atoms with Gasteiger partial charge in [0.25, 0.3) is 0 Å². The summed E-state index contributed by atoms with van der Waals surface area (Å²) in [6.07, 6.45) is 3.49. The average molecular weight is 282 g/mol. The monoisotopic (exact) mass is 282 g/mol. The smallest absolute Gasteiger partial charge is 0.356 e. The van der Waals surface area contributed by atoms with Gasteiger partial charge in [0.2, 0.25) is 5.91 Å². The fourth-order valence-electron chi connectivity index (χ4n) is 1.49. The fourth-order valence-corrected chi connectivity index (χ4v) is 2.14. The van der Waals surface area contributed by atoms with Crippen LogP contribution in [0.5, 0.6) is 0 Å². The number of methoxy groups -OCH3 is 1. The molecule has 0 aromatic carbocycles. The predicted molar refractivity (Wildman–Crippen MR) is 75.0 cm³/mol. The molecule has 0 spiro atoms. The Morgan fingerprint density at radius 1 is 1.53 bits per heavy atom. The van der Waals surface area contributed by atoms with Gasteiger partial charge >= 0.3 is 5.97 Å². The first-order valence-electron chi connectivity index (χ1n) is 5.88. The fraction of sp³-hybridized carbons (Fsp3) is 0.462. The Bertz CT molecular complexity index is 451. The molecule has 0 aliphatic heterocycles. The van der Waals surface area contributed by atoms with E-state index in [4.69, 9.17) is 0 Å². The van der Waals surface area contributed by atoms with E-state index < -0.39 is 5.97 Å². The summed E-state index contributed by atoms with van der Waals surface area (Å²) in [4.78, 5) is 27.0. The standard InChI is InChI=1S/C13H18N2O3S/c1-9(8-19-3)12(16)15-7-10-4-5-14-11(6-10)13(17)18-2/h4-6,9H,7-8H2,1-3H3,(H,15,16). The minimum atomic E-state index is -0.482. The number of amides is 1. The second-order valence-electron chi connectivity index (χ2n) is 4.12. The zero-order chi connectivity index (χ0) is 14.3. The Labute approximate surface area is 117 Å². The van der Waals surface area contributed by atoms with Gasteiger partial charge in [0, 0.05) is 24.4 Å². The predicted octanol–water partition coefficient (Wildman–Crippen LogP) is 1.48. The SMILES string of the molecule is COC(=O)c1cc(CNC(=O)C(C)CSC)ccn1. The van der Waals surface area contributed by atoms with Crippen molar-refractivity contribution in [2.75, 3.05) is 19.1 Å². The molecule has 1 amide bonds. The van der Waals surface area contributed by atoms with E-state index in [1.807, 2.05) is 13.2 Å². The molecule has 0 saturated carbocycles. The van der Waals surface area contributed by atoms with Gasteiger partial charge in [-0.3, -0.25) is 4.79 Å². The molecule has 1 heterocycles. The molecule has 0 fully saturated rings. The highest BCUT2D eigenvalue weighted by Crippen LogP contribution is 2.06. The van der Waals surface area contributed by atoms with Crippen LogP contribution < -0.4 is 5.32 Å². The van der Waals surface area contributed by atoms with Crippen LogP contribution in [0.2, 0.25) is 0 Å². The maximum absolute atomic E-state index is 11.7. The number of nitrogens with zero attached hydrogens (tertiary/aromatic N) is 1. The maximum Gasteiger partial charge on any atom is 0.356 e. The molecule has 1 rings (SSSR count). The highest BCUT2D eigenvalue weighted by Gasteiger charge is 2.12. The number of hydrogen-bond donors (Lipinski definition) is 1. The molecule has 19 heavy (non-hydrogen) atoms. The van der Waals surface area contributed by atoms with E-state index in [0.29, 0.717) is 6.54 Å². The maximum atomic E-state index is 11.7. The van der Waals surface area contributed by atoms with E-state index in [9.17, 15) is 9.59 Å². The topological polar surface area (TPSA) is 68.3 Å². The molecule has 1 N–H and O–H groups in total. The summed E-state index contributed by atoms with van der Waals surface area (Å²) in [5, 5.41) is 2.84. The lowest BCUT2D eigenvalue weighted by Gasteiger charge is -2.11. The molecule has 0 saturated heterocycles. The third kappa shape index (κ3) is 4.90. The number of nitrogens with one attached hydrogen (secondary N) is 1. The van der Waals surface area contributed by atoms with Gasteiger partial charge in [-0.1, -0.05) is 6.92 Å². The number of rotatable bonds is 6. The second kappa shape index (κ2) is 7.78. The van der Waals surface area contributed by atoms with E-state index >= 15 is 0 Å². The lowest BCUT2D eigenvalue weighted by atomic mass is 10.2. The molecular weight excluding hydrogens is 264 g/mol. The van der Waals surface area contributed by atoms with Crippen LogP contribution in [0.3, 0.4) is 0 Å². The Morgan fingerprint density at radius 3 is 2.89 bits per heavy atom. The van der Waals surface area contributed by atoms with Crippen LogP contribution in [0.25, 0.3) is 0 Å². The molecule has 1 aromatic rings. The third-order valence-corrected chi connectivity index (χ3v) is 3.38. The van der Waals surface area contributed by atoms with E-state index in [1.54, 1.807) is 23.9 Å². The average Bonchev–Trinajstić information content (AvgIpc) is 2.44. The molecule has 1 aromatic heterocycles. The summed E-state index contributed by atoms with van der Waals surface area (Å²) in [5.74, 6) is 0.280. The van der Waals surface area contributed by atoms with Crippen molar-refractivity contribution in [1.29, 1.82) is 0 Å². The van der Waals surface area contributed by atoms with Crippen LogP contribution in [-0.4, -0.2) is 36.0 Å². The van der Waals surface area contributed by atoms with Crippen LogP contribution >= 0.6 is 11.8 Å². The van der Waals surface area contributed by atoms with Gasteiger partial charge in [-0.2, -0.15) is 11.8 Å². The van der Waals surface area contributed by atoms with Gasteiger partial charge in [-0.05, 0) is 24.0 Å². The zero-order valence-electron chi connectivity index (χ0n) is 11.3. The number of hydrogen-bond acceptors (Lipinski definition) is 5. The number of thioether (sulfide) groups is 1. The summed E-state index contributed by atoms with van der Waals surface area (Å²) < 4.78 is 4.60. The minimum Gasteiger partial charge on any atom is -0.464 e. The van der Waals surface area contributed by atoms with Gasteiger partial charge in [0.15, 0.2) is 0 Å². The minimum absolute atomic E-state index is 0.00535. The summed E-state index contributed by atoms with van der Waals surface area (Å²) in [5.41, 5.74) is 1.06. The first-order chi connectivity index (χ1) is 9.08. The Balaban J connectivity index is 2.58. The highest BCUT2D eigenvalue weighted by molar-refractivity contribution is 7.98. The van der Waals surface area contributed by atoms with Crippen LogP contribution in [0.15, 0.2) is 18.3 Å². The van der Waals surface area contributed by atoms with E-state index in [2.05, 4.69) is 15.0 Å². The van der Waals surface area contributed by atoms with Crippen LogP contribution in [-0.2, 0) is 16.1 Å². The molecule has 104 valence electrons. The molecule has 6 heteroatoms. The summed E-state index contributed by atoms with van der Waals surface area (Å²) in [6.45, 7) is 2.27. The van der Waals surface area contributed by atoms with Crippen molar-refractivity contribution in [3.05, 3.63) is 29.6 Å². The van der Waals surface area contributed by atoms with Crippen molar-refractivity contribution in [2.45, 2.75) is 13.5 Å². The van der Waals surface area contributed by atoms with Crippen molar-refractivity contribution in [3.63, 3.8) is 0 Å². The first-order valence-corrected chi connectivity index (χ1v) is 7.27. The Hall–Kier alpha value is -1.56. The third-order valence-electron chi connectivity index (χ3n) is 2.55. The lowest BCUT2D eigenvalue weighted by Crippen LogP contribution is -2.30. The number of esters is 1. The molecule has 1 atom stereocenters. The van der Waals surface area contributed by atoms with Crippen molar-refractivity contribution in [2.24, 2.45) is 5.92 Å². The normalized spacial score (nSPS) is 11.7. The molecule has 0 aliphatic carbocycles. The molecule has 1 unspecified atom stereocenters. The zero-order valence-corrected chi connectivity index (χ0v) is 12.1. The van der Waals surface area contributed by atoms with Crippen molar-refractivity contribution >= 4 is 23.6 Å². The summed E-state index contributed by atoms with van der Waals surface area (Å²) in [7, 11) is 1.31. The number of carbonyl (C=O) groups excluding carboxylic acids is 2. The first kappa shape index (κ1) is 15.5. The molecular formula is C13H18N2O3S. The molecule has 0 aliphatic rings. The van der Waals surface area contributed by atoms with E-state index in [-0.39, 0.29) is 17.5 Å². The molecule has 5 nitrogen and oxygen atoms in total. The highest BCUT2D eigenvalue weighted by atomic mass is 32.2. The molecule has 0 bridgehead atoms. The van der Waals surface area contributed by atoms with Crippen LogP contribution in [0, 0.1) is 5.92 Å². The van der Waals surface area contributed by atoms with Crippen LogP contribution in [0.4, 0.5) is 0 Å². The van der Waals surface area contributed by atoms with Gasteiger partial charge in [0.1, 0.15) is 5.69 Å². The van der Waals surface area contributed by atoms with Crippen molar-refractivity contribution in [3.8, 4) is 0 Å². The quantitative estimate of drug-likeness (QED) is 0.801. The largest absolute Gasteiger partial charge is 0.464 e. The van der Waals surface area contributed by atoms with Gasteiger partial charge in [-0.15, -0.1) is 0 Å². The van der Waals surface area contributed by atoms with Gasteiger partial charge in [-0.25, -0.2) is 9.78 Å². The lowest BCUT2D eigenvalue weighted by molar-refractivity contribution is -0.124. The number of aromatic nitrogens is 1. The van der Waals surface area contributed by atoms with Gasteiger partial charge in [0.05, 0.1) is 7.11 Å². The van der Waals surface area contributed by atoms with E-state index in [1.165, 1.54) is 13.3 Å². The molecule has 0 radical (unpaired) electrons. The Morgan fingerprint density at radius 2 is 2.26 bits per heavy atom. The van der Waals surface area contributed by atoms with Crippen molar-refractivity contribution in [1.82, 2.24) is 10.3 Å². The Kier molecular flexibility index (Phi) is 6.35.